The van der Waals surface area contributed by atoms with E-state index in [-0.39, 0.29) is 0 Å². The van der Waals surface area contributed by atoms with Crippen LogP contribution in [0.5, 0.6) is 0 Å². The molecule has 32 valence electrons. The van der Waals surface area contributed by atoms with Crippen LogP contribution >= 0.6 is 22.9 Å². The molecule has 0 saturated heterocycles. The van der Waals surface area contributed by atoms with Crippen LogP contribution in [0.3, 0.4) is 0 Å². The minimum atomic E-state index is 0.880. The molecule has 1 aromatic heterocycles. The molecular formula is C4H2ClLiS. The van der Waals surface area contributed by atoms with Gasteiger partial charge >= 0.3 is 60.7 Å². The summed E-state index contributed by atoms with van der Waals surface area (Å²) in [6.07, 6.45) is 0. The molecule has 0 radical (unpaired) electrons. The number of hydrogen-bond donors (Lipinski definition) is 0. The normalized spacial score (nSPS) is 9.57. The predicted octanol–water partition coefficient (Wildman–Crippen LogP) is 1.20. The summed E-state index contributed by atoms with van der Waals surface area (Å²) in [5.41, 5.74) is 0. The molecule has 0 aliphatic rings. The molecule has 0 unspecified atom stereocenters. The zero-order chi connectivity index (χ0) is 5.28. The Bertz CT molecular complexity index is 144. The average Bonchev–Trinajstić information content (AvgIpc) is 1.91. The summed E-state index contributed by atoms with van der Waals surface area (Å²) < 4.78 is 1.20. The van der Waals surface area contributed by atoms with E-state index >= 15 is 0 Å². The second-order valence-corrected chi connectivity index (χ2v) is 2.85. The molecule has 0 aliphatic carbocycles. The van der Waals surface area contributed by atoms with Crippen LogP contribution in [0.2, 0.25) is 5.02 Å². The standard InChI is InChI=1S/C4H2ClS.Li/c5-4-1-2-6-3-4;/h1-2H;. The summed E-state index contributed by atoms with van der Waals surface area (Å²) in [6.45, 7) is 0. The third-order valence-electron chi connectivity index (χ3n) is 0.796. The van der Waals surface area contributed by atoms with E-state index in [1.165, 1.54) is 3.55 Å². The summed E-state index contributed by atoms with van der Waals surface area (Å²) in [5, 5.41) is 2.86. The van der Waals surface area contributed by atoms with Gasteiger partial charge in [-0.3, -0.25) is 0 Å². The van der Waals surface area contributed by atoms with Gasteiger partial charge in [0.1, 0.15) is 0 Å². The van der Waals surface area contributed by atoms with E-state index < -0.39 is 0 Å². The van der Waals surface area contributed by atoms with Crippen LogP contribution in [0.1, 0.15) is 0 Å². The predicted molar refractivity (Wildman–Crippen MR) is 34.7 cm³/mol. The summed E-state index contributed by atoms with van der Waals surface area (Å²) in [5.74, 6) is 0. The third kappa shape index (κ3) is 1.24. The Morgan fingerprint density at radius 2 is 2.43 bits per heavy atom. The molecule has 0 nitrogen and oxygen atoms in total. The number of thiophene rings is 1. The summed E-state index contributed by atoms with van der Waals surface area (Å²) >= 11 is 9.31. The first-order valence-electron chi connectivity index (χ1n) is 2.00. The second kappa shape index (κ2) is 2.24. The summed E-state index contributed by atoms with van der Waals surface area (Å²) in [6, 6.07) is 1.90. The third-order valence-corrected chi connectivity index (χ3v) is 2.16. The molecule has 7 heavy (non-hydrogen) atoms. The summed E-state index contributed by atoms with van der Waals surface area (Å²) in [7, 11) is 0. The van der Waals surface area contributed by atoms with Gasteiger partial charge in [-0.15, -0.1) is 0 Å². The summed E-state index contributed by atoms with van der Waals surface area (Å²) in [4.78, 5) is 0. The topological polar surface area (TPSA) is 0 Å². The van der Waals surface area contributed by atoms with Crippen LogP contribution in [0, 0.1) is 0 Å². The van der Waals surface area contributed by atoms with E-state index in [2.05, 4.69) is 0 Å². The monoisotopic (exact) mass is 124 g/mol. The Labute approximate surface area is 60.7 Å². The van der Waals surface area contributed by atoms with Crippen LogP contribution < -0.4 is 3.55 Å². The Morgan fingerprint density at radius 1 is 1.71 bits per heavy atom. The van der Waals surface area contributed by atoms with Crippen molar-refractivity contribution in [3.8, 4) is 0 Å². The van der Waals surface area contributed by atoms with E-state index in [1.807, 2.05) is 29.2 Å². The van der Waals surface area contributed by atoms with E-state index in [0.29, 0.717) is 0 Å². The first-order chi connectivity index (χ1) is 3.30. The molecule has 1 aromatic rings. The van der Waals surface area contributed by atoms with Gasteiger partial charge in [0.15, 0.2) is 0 Å². The SMILES string of the molecule is [Li][c]1sccc1Cl. The number of rotatable bonds is 0. The van der Waals surface area contributed by atoms with Crippen LogP contribution in [0.15, 0.2) is 11.4 Å². The molecule has 0 fully saturated rings. The molecule has 0 atom stereocenters. The van der Waals surface area contributed by atoms with Crippen molar-refractivity contribution >= 4 is 44.2 Å². The van der Waals surface area contributed by atoms with Crippen molar-refractivity contribution in [3.05, 3.63) is 16.5 Å². The van der Waals surface area contributed by atoms with Gasteiger partial charge in [-0.1, -0.05) is 0 Å². The molecule has 0 aliphatic heterocycles. The van der Waals surface area contributed by atoms with Gasteiger partial charge in [0.05, 0.1) is 0 Å². The maximum absolute atomic E-state index is 5.63. The zero-order valence-electron chi connectivity index (χ0n) is 3.94. The molecule has 1 heterocycles. The van der Waals surface area contributed by atoms with Crippen LogP contribution in [-0.4, -0.2) is 17.7 Å². The fourth-order valence-corrected chi connectivity index (χ4v) is 1.23. The van der Waals surface area contributed by atoms with Crippen LogP contribution in [0.4, 0.5) is 0 Å². The Hall–Kier alpha value is 0.587. The maximum atomic E-state index is 5.63. The Kier molecular flexibility index (Phi) is 1.83. The van der Waals surface area contributed by atoms with Gasteiger partial charge < -0.3 is 0 Å². The number of hydrogen-bond acceptors (Lipinski definition) is 1. The molecule has 0 saturated carbocycles. The van der Waals surface area contributed by atoms with Crippen molar-refractivity contribution in [1.82, 2.24) is 0 Å². The average molecular weight is 125 g/mol. The van der Waals surface area contributed by atoms with E-state index in [0.717, 1.165) is 5.02 Å². The first-order valence-corrected chi connectivity index (χ1v) is 3.26. The van der Waals surface area contributed by atoms with Gasteiger partial charge in [0, 0.05) is 0 Å². The van der Waals surface area contributed by atoms with Crippen molar-refractivity contribution in [2.75, 3.05) is 0 Å². The first kappa shape index (κ1) is 5.72. The van der Waals surface area contributed by atoms with Crippen molar-refractivity contribution < 1.29 is 0 Å². The molecule has 1 rings (SSSR count). The van der Waals surface area contributed by atoms with Crippen molar-refractivity contribution in [3.63, 3.8) is 0 Å². The molecule has 0 N–H and O–H groups in total. The Morgan fingerprint density at radius 3 is 2.57 bits per heavy atom. The van der Waals surface area contributed by atoms with E-state index in [9.17, 15) is 0 Å². The molecule has 0 aromatic carbocycles. The van der Waals surface area contributed by atoms with Gasteiger partial charge in [-0.05, 0) is 0 Å². The van der Waals surface area contributed by atoms with Crippen LogP contribution in [-0.2, 0) is 0 Å². The Balaban J connectivity index is 3.12. The molecule has 0 spiro atoms. The molecule has 0 bridgehead atoms. The van der Waals surface area contributed by atoms with Crippen molar-refractivity contribution in [2.24, 2.45) is 0 Å². The van der Waals surface area contributed by atoms with Gasteiger partial charge in [0.2, 0.25) is 0 Å². The fourth-order valence-electron chi connectivity index (χ4n) is 0.369. The quantitative estimate of drug-likeness (QED) is 0.456. The van der Waals surface area contributed by atoms with Crippen LogP contribution in [0.25, 0.3) is 0 Å². The van der Waals surface area contributed by atoms with E-state index in [4.69, 9.17) is 11.6 Å². The van der Waals surface area contributed by atoms with Gasteiger partial charge in [-0.2, -0.15) is 0 Å². The minimum absolute atomic E-state index is 0.880. The molecule has 0 amide bonds. The van der Waals surface area contributed by atoms with Crippen molar-refractivity contribution in [1.29, 1.82) is 0 Å². The van der Waals surface area contributed by atoms with Gasteiger partial charge in [-0.25, -0.2) is 0 Å². The molecular weight excluding hydrogens is 123 g/mol. The number of halogens is 1. The van der Waals surface area contributed by atoms with Crippen molar-refractivity contribution in [2.45, 2.75) is 0 Å². The van der Waals surface area contributed by atoms with Gasteiger partial charge in [0.25, 0.3) is 0 Å². The molecule has 3 heteroatoms. The second-order valence-electron chi connectivity index (χ2n) is 1.32. The fraction of sp³-hybridized carbons (Fsp3) is 0. The zero-order valence-corrected chi connectivity index (χ0v) is 5.51. The van der Waals surface area contributed by atoms with E-state index in [1.54, 1.807) is 11.3 Å².